The van der Waals surface area contributed by atoms with E-state index in [1.807, 2.05) is 0 Å². The molecule has 0 fully saturated rings. The topological polar surface area (TPSA) is 0 Å². The summed E-state index contributed by atoms with van der Waals surface area (Å²) in [5.41, 5.74) is 1.40. The molecule has 0 bridgehead atoms. The van der Waals surface area contributed by atoms with E-state index < -0.39 is 0 Å². The molecule has 0 aliphatic heterocycles. The Balaban J connectivity index is 1.79. The number of halogens is 1. The van der Waals surface area contributed by atoms with Crippen LogP contribution in [0.2, 0.25) is 4.34 Å². The summed E-state index contributed by atoms with van der Waals surface area (Å²) in [7, 11) is 0. The van der Waals surface area contributed by atoms with Gasteiger partial charge in [0.05, 0.1) is 4.34 Å². The van der Waals surface area contributed by atoms with E-state index in [4.69, 9.17) is 11.6 Å². The van der Waals surface area contributed by atoms with Gasteiger partial charge in [-0.2, -0.15) is 0 Å². The van der Waals surface area contributed by atoms with Crippen LogP contribution >= 0.6 is 22.9 Å². The molecule has 13 heavy (non-hydrogen) atoms. The maximum atomic E-state index is 5.86. The van der Waals surface area contributed by atoms with Gasteiger partial charge in [-0.05, 0) is 48.6 Å². The molecule has 1 aromatic heterocycles. The predicted molar refractivity (Wildman–Crippen MR) is 59.5 cm³/mol. The minimum Gasteiger partial charge on any atom is -0.132 e. The van der Waals surface area contributed by atoms with E-state index in [1.165, 1.54) is 31.2 Å². The summed E-state index contributed by atoms with van der Waals surface area (Å²) in [5.74, 6) is 0.888. The van der Waals surface area contributed by atoms with Crippen LogP contribution < -0.4 is 0 Å². The van der Waals surface area contributed by atoms with Gasteiger partial charge in [0.2, 0.25) is 0 Å². The average Bonchev–Trinajstić information content (AvgIpc) is 2.71. The third kappa shape index (κ3) is 2.58. The van der Waals surface area contributed by atoms with E-state index in [0.29, 0.717) is 0 Å². The molecule has 1 aromatic rings. The highest BCUT2D eigenvalue weighted by Gasteiger charge is 2.10. The molecule has 1 aliphatic carbocycles. The second-order valence-electron chi connectivity index (χ2n) is 3.61. The van der Waals surface area contributed by atoms with Crippen LogP contribution in [0.1, 0.15) is 24.8 Å². The maximum Gasteiger partial charge on any atom is 0.0931 e. The molecule has 2 heteroatoms. The van der Waals surface area contributed by atoms with Gasteiger partial charge in [0, 0.05) is 0 Å². The van der Waals surface area contributed by atoms with Crippen LogP contribution in [0, 0.1) is 5.92 Å². The first-order chi connectivity index (χ1) is 6.34. The fourth-order valence-electron chi connectivity index (χ4n) is 1.76. The zero-order valence-electron chi connectivity index (χ0n) is 7.50. The number of rotatable bonds is 3. The Labute approximate surface area is 88.2 Å². The molecule has 0 aromatic carbocycles. The first kappa shape index (κ1) is 9.29. The van der Waals surface area contributed by atoms with E-state index >= 15 is 0 Å². The minimum atomic E-state index is 0.888. The fraction of sp³-hybridized carbons (Fsp3) is 0.455. The number of hydrogen-bond acceptors (Lipinski definition) is 1. The normalized spacial score (nSPS) is 17.0. The van der Waals surface area contributed by atoms with Gasteiger partial charge in [0.1, 0.15) is 0 Å². The van der Waals surface area contributed by atoms with Crippen molar-refractivity contribution in [2.45, 2.75) is 25.7 Å². The Morgan fingerprint density at radius 1 is 1.38 bits per heavy atom. The maximum absolute atomic E-state index is 5.86. The highest BCUT2D eigenvalue weighted by atomic mass is 35.5. The SMILES string of the molecule is Clc1cc(CCC2CC=CC2)cs1. The minimum absolute atomic E-state index is 0.888. The molecule has 0 radical (unpaired) electrons. The summed E-state index contributed by atoms with van der Waals surface area (Å²) < 4.78 is 0.916. The van der Waals surface area contributed by atoms with E-state index in [0.717, 1.165) is 10.3 Å². The molecular weight excluding hydrogens is 200 g/mol. The van der Waals surface area contributed by atoms with Crippen LogP contribution in [0.15, 0.2) is 23.6 Å². The predicted octanol–water partition coefficient (Wildman–Crippen LogP) is 4.30. The third-order valence-corrected chi connectivity index (χ3v) is 3.71. The van der Waals surface area contributed by atoms with Crippen LogP contribution in [0.5, 0.6) is 0 Å². The lowest BCUT2D eigenvalue weighted by molar-refractivity contribution is 0.522. The molecule has 0 spiro atoms. The van der Waals surface area contributed by atoms with E-state index in [9.17, 15) is 0 Å². The summed E-state index contributed by atoms with van der Waals surface area (Å²) in [6.07, 6.45) is 9.64. The Hall–Kier alpha value is -0.270. The Morgan fingerprint density at radius 2 is 2.15 bits per heavy atom. The van der Waals surface area contributed by atoms with Crippen molar-refractivity contribution >= 4 is 22.9 Å². The molecule has 0 unspecified atom stereocenters. The van der Waals surface area contributed by atoms with Crippen LogP contribution in [0.4, 0.5) is 0 Å². The lowest BCUT2D eigenvalue weighted by Crippen LogP contribution is -1.95. The summed E-state index contributed by atoms with van der Waals surface area (Å²) in [6.45, 7) is 0. The number of aryl methyl sites for hydroxylation is 1. The summed E-state index contributed by atoms with van der Waals surface area (Å²) in [5, 5.41) is 2.17. The van der Waals surface area contributed by atoms with Crippen molar-refractivity contribution in [2.24, 2.45) is 5.92 Å². The van der Waals surface area contributed by atoms with Crippen molar-refractivity contribution in [3.63, 3.8) is 0 Å². The lowest BCUT2D eigenvalue weighted by atomic mass is 9.99. The molecule has 0 N–H and O–H groups in total. The zero-order chi connectivity index (χ0) is 9.10. The molecular formula is C11H13ClS. The van der Waals surface area contributed by atoms with Crippen LogP contribution in [0.25, 0.3) is 0 Å². The largest absolute Gasteiger partial charge is 0.132 e. The Kier molecular flexibility index (Phi) is 3.07. The van der Waals surface area contributed by atoms with E-state index in [-0.39, 0.29) is 0 Å². The molecule has 2 rings (SSSR count). The first-order valence-electron chi connectivity index (χ1n) is 4.72. The molecule has 0 atom stereocenters. The average molecular weight is 213 g/mol. The smallest absolute Gasteiger partial charge is 0.0931 e. The van der Waals surface area contributed by atoms with Crippen molar-refractivity contribution in [3.05, 3.63) is 33.5 Å². The molecule has 1 aliphatic rings. The first-order valence-corrected chi connectivity index (χ1v) is 5.98. The second-order valence-corrected chi connectivity index (χ2v) is 5.15. The second kappa shape index (κ2) is 4.30. The van der Waals surface area contributed by atoms with Gasteiger partial charge >= 0.3 is 0 Å². The van der Waals surface area contributed by atoms with Crippen LogP contribution in [-0.4, -0.2) is 0 Å². The molecule has 0 amide bonds. The van der Waals surface area contributed by atoms with Crippen molar-refractivity contribution < 1.29 is 0 Å². The van der Waals surface area contributed by atoms with Gasteiger partial charge in [-0.3, -0.25) is 0 Å². The molecule has 0 nitrogen and oxygen atoms in total. The standard InChI is InChI=1S/C11H13ClS/c12-11-7-10(8-13-11)6-5-9-3-1-2-4-9/h1-2,7-9H,3-6H2. The summed E-state index contributed by atoms with van der Waals surface area (Å²) >= 11 is 7.50. The third-order valence-electron chi connectivity index (χ3n) is 2.57. The number of hydrogen-bond donors (Lipinski definition) is 0. The van der Waals surface area contributed by atoms with Gasteiger partial charge in [0.15, 0.2) is 0 Å². The number of allylic oxidation sites excluding steroid dienone is 2. The van der Waals surface area contributed by atoms with Gasteiger partial charge in [-0.1, -0.05) is 23.8 Å². The van der Waals surface area contributed by atoms with Gasteiger partial charge in [-0.25, -0.2) is 0 Å². The fourth-order valence-corrected chi connectivity index (χ4v) is 2.70. The number of thiophene rings is 1. The van der Waals surface area contributed by atoms with Crippen LogP contribution in [0.3, 0.4) is 0 Å². The van der Waals surface area contributed by atoms with Crippen molar-refractivity contribution in [1.29, 1.82) is 0 Å². The van der Waals surface area contributed by atoms with E-state index in [2.05, 4.69) is 23.6 Å². The lowest BCUT2D eigenvalue weighted by Gasteiger charge is -2.06. The summed E-state index contributed by atoms with van der Waals surface area (Å²) in [6, 6.07) is 2.09. The monoisotopic (exact) mass is 212 g/mol. The molecule has 70 valence electrons. The van der Waals surface area contributed by atoms with E-state index in [1.54, 1.807) is 11.3 Å². The van der Waals surface area contributed by atoms with Crippen molar-refractivity contribution in [1.82, 2.24) is 0 Å². The molecule has 0 saturated heterocycles. The van der Waals surface area contributed by atoms with Gasteiger partial charge in [-0.15, -0.1) is 11.3 Å². The highest BCUT2D eigenvalue weighted by Crippen LogP contribution is 2.26. The Morgan fingerprint density at radius 3 is 2.77 bits per heavy atom. The quantitative estimate of drug-likeness (QED) is 0.656. The molecule has 0 saturated carbocycles. The van der Waals surface area contributed by atoms with Crippen molar-refractivity contribution in [2.75, 3.05) is 0 Å². The molecule has 1 heterocycles. The van der Waals surface area contributed by atoms with Gasteiger partial charge in [0.25, 0.3) is 0 Å². The van der Waals surface area contributed by atoms with Crippen molar-refractivity contribution in [3.8, 4) is 0 Å². The Bertz CT molecular complexity index is 293. The van der Waals surface area contributed by atoms with Crippen LogP contribution in [-0.2, 0) is 6.42 Å². The summed E-state index contributed by atoms with van der Waals surface area (Å²) in [4.78, 5) is 0. The van der Waals surface area contributed by atoms with Gasteiger partial charge < -0.3 is 0 Å². The highest BCUT2D eigenvalue weighted by molar-refractivity contribution is 7.14. The zero-order valence-corrected chi connectivity index (χ0v) is 9.07.